The highest BCUT2D eigenvalue weighted by atomic mass is 35.5. The second-order valence-electron chi connectivity index (χ2n) is 6.79. The van der Waals surface area contributed by atoms with Gasteiger partial charge in [0, 0.05) is 12.6 Å². The summed E-state index contributed by atoms with van der Waals surface area (Å²) in [5, 5.41) is 6.96. The Morgan fingerprint density at radius 3 is 2.45 bits per heavy atom. The van der Waals surface area contributed by atoms with Gasteiger partial charge in [0.05, 0.1) is 18.4 Å². The van der Waals surface area contributed by atoms with Crippen molar-refractivity contribution in [2.45, 2.75) is 46.3 Å². The van der Waals surface area contributed by atoms with Crippen molar-refractivity contribution in [2.75, 3.05) is 11.9 Å². The molecule has 1 atom stereocenters. The van der Waals surface area contributed by atoms with Crippen LogP contribution in [0.4, 0.5) is 5.69 Å². The van der Waals surface area contributed by atoms with E-state index in [1.54, 1.807) is 6.21 Å². The van der Waals surface area contributed by atoms with E-state index >= 15 is 0 Å². The minimum Gasteiger partial charge on any atom is -0.491 e. The molecule has 0 bridgehead atoms. The normalized spacial score (nSPS) is 11.8. The molecule has 0 aliphatic carbocycles. The van der Waals surface area contributed by atoms with E-state index in [-0.39, 0.29) is 37.1 Å². The van der Waals surface area contributed by atoms with Gasteiger partial charge >= 0.3 is 5.97 Å². The Bertz CT molecular complexity index is 807. The second kappa shape index (κ2) is 12.0. The van der Waals surface area contributed by atoms with E-state index in [1.807, 2.05) is 50.2 Å². The monoisotopic (exact) mass is 419 g/mol. The van der Waals surface area contributed by atoms with Crippen LogP contribution in [0.5, 0.6) is 5.75 Å². The van der Waals surface area contributed by atoms with Crippen LogP contribution in [0.2, 0.25) is 0 Å². The van der Waals surface area contributed by atoms with Crippen LogP contribution in [-0.4, -0.2) is 24.9 Å². The zero-order chi connectivity index (χ0) is 20.5. The molecule has 0 saturated carbocycles. The first-order valence-electron chi connectivity index (χ1n) is 9.45. The summed E-state index contributed by atoms with van der Waals surface area (Å²) in [5.74, 6) is 5.77. The minimum absolute atomic E-state index is 0. The van der Waals surface area contributed by atoms with Crippen molar-refractivity contribution in [3.63, 3.8) is 0 Å². The number of benzene rings is 2. The van der Waals surface area contributed by atoms with E-state index in [2.05, 4.69) is 23.4 Å². The topological polar surface area (TPSA) is 85.9 Å². The van der Waals surface area contributed by atoms with Crippen molar-refractivity contribution in [1.82, 2.24) is 0 Å². The van der Waals surface area contributed by atoms with Gasteiger partial charge in [0.25, 0.3) is 0 Å². The van der Waals surface area contributed by atoms with Crippen LogP contribution >= 0.6 is 12.4 Å². The summed E-state index contributed by atoms with van der Waals surface area (Å²) < 4.78 is 11.2. The van der Waals surface area contributed by atoms with Crippen molar-refractivity contribution in [3.05, 3.63) is 59.2 Å². The minimum atomic E-state index is -0.309. The number of carbonyl (C=O) groups is 1. The molecule has 0 aromatic heterocycles. The molecule has 3 N–H and O–H groups in total. The van der Waals surface area contributed by atoms with Crippen molar-refractivity contribution in [3.8, 4) is 5.75 Å². The number of ether oxygens (including phenoxy) is 2. The Morgan fingerprint density at radius 2 is 1.90 bits per heavy atom. The number of nitrogens with zero attached hydrogens (tertiary/aromatic N) is 1. The standard InChI is InChI=1S/C22H29N3O3.ClH/c1-5-18-12-19(8-11-22(18)28-15(2)3)21(14-27-16(4)26)25-20-9-6-17(7-10-20)13-24-23;/h6-13,15,21,25H,5,14,23H2,1-4H3;1H. The Hall–Kier alpha value is -2.73. The third-order valence-corrected chi connectivity index (χ3v) is 4.16. The van der Waals surface area contributed by atoms with Crippen molar-refractivity contribution >= 4 is 30.3 Å². The average Bonchev–Trinajstić information content (AvgIpc) is 2.66. The first-order valence-corrected chi connectivity index (χ1v) is 9.45. The van der Waals surface area contributed by atoms with Crippen LogP contribution in [-0.2, 0) is 16.0 Å². The van der Waals surface area contributed by atoms with E-state index in [9.17, 15) is 4.79 Å². The Kier molecular flexibility index (Phi) is 10.0. The molecular formula is C22H30ClN3O3. The predicted molar refractivity (Wildman–Crippen MR) is 120 cm³/mol. The highest BCUT2D eigenvalue weighted by Crippen LogP contribution is 2.27. The molecule has 2 rings (SSSR count). The van der Waals surface area contributed by atoms with Gasteiger partial charge in [0.15, 0.2) is 0 Å². The maximum Gasteiger partial charge on any atom is 0.302 e. The zero-order valence-corrected chi connectivity index (χ0v) is 18.2. The van der Waals surface area contributed by atoms with Gasteiger partial charge in [0.1, 0.15) is 12.4 Å². The van der Waals surface area contributed by atoms with Crippen LogP contribution < -0.4 is 15.9 Å². The van der Waals surface area contributed by atoms with Crippen molar-refractivity contribution < 1.29 is 14.3 Å². The second-order valence-corrected chi connectivity index (χ2v) is 6.79. The van der Waals surface area contributed by atoms with Crippen molar-refractivity contribution in [1.29, 1.82) is 0 Å². The first kappa shape index (κ1) is 24.3. The number of hydrogen-bond donors (Lipinski definition) is 2. The lowest BCUT2D eigenvalue weighted by Gasteiger charge is -2.22. The first-order chi connectivity index (χ1) is 13.4. The number of halogens is 1. The van der Waals surface area contributed by atoms with Crippen LogP contribution in [0.3, 0.4) is 0 Å². The molecule has 0 spiro atoms. The Balaban J connectivity index is 0.00000420. The highest BCUT2D eigenvalue weighted by molar-refractivity contribution is 5.85. The third-order valence-electron chi connectivity index (χ3n) is 4.16. The number of carbonyl (C=O) groups excluding carboxylic acids is 1. The molecular weight excluding hydrogens is 390 g/mol. The fourth-order valence-corrected chi connectivity index (χ4v) is 2.84. The number of anilines is 1. The van der Waals surface area contributed by atoms with E-state index in [4.69, 9.17) is 15.3 Å². The van der Waals surface area contributed by atoms with Crippen LogP contribution in [0.25, 0.3) is 0 Å². The predicted octanol–water partition coefficient (Wildman–Crippen LogP) is 4.47. The van der Waals surface area contributed by atoms with E-state index in [0.717, 1.165) is 34.5 Å². The van der Waals surface area contributed by atoms with Gasteiger partial charge < -0.3 is 20.6 Å². The number of hydrogen-bond acceptors (Lipinski definition) is 6. The number of hydrazone groups is 1. The molecule has 2 aromatic carbocycles. The number of nitrogens with one attached hydrogen (secondary N) is 1. The summed E-state index contributed by atoms with van der Waals surface area (Å²) in [6.45, 7) is 7.76. The molecule has 0 saturated heterocycles. The summed E-state index contributed by atoms with van der Waals surface area (Å²) in [6.07, 6.45) is 2.55. The molecule has 0 aliphatic heterocycles. The molecule has 29 heavy (non-hydrogen) atoms. The summed E-state index contributed by atoms with van der Waals surface area (Å²) in [7, 11) is 0. The van der Waals surface area contributed by atoms with Gasteiger partial charge in [-0.05, 0) is 61.2 Å². The van der Waals surface area contributed by atoms with Gasteiger partial charge in [-0.2, -0.15) is 5.10 Å². The van der Waals surface area contributed by atoms with E-state index < -0.39 is 0 Å². The number of aryl methyl sites for hydroxylation is 1. The zero-order valence-electron chi connectivity index (χ0n) is 17.3. The SMILES string of the molecule is CCc1cc(C(COC(C)=O)Nc2ccc(C=NN)cc2)ccc1OC(C)C.Cl. The van der Waals surface area contributed by atoms with E-state index in [0.29, 0.717) is 0 Å². The molecule has 2 aromatic rings. The molecule has 6 nitrogen and oxygen atoms in total. The smallest absolute Gasteiger partial charge is 0.302 e. The lowest BCUT2D eigenvalue weighted by Crippen LogP contribution is -2.19. The fourth-order valence-electron chi connectivity index (χ4n) is 2.84. The molecule has 0 radical (unpaired) electrons. The molecule has 1 unspecified atom stereocenters. The van der Waals surface area contributed by atoms with Crippen LogP contribution in [0, 0.1) is 0 Å². The quantitative estimate of drug-likeness (QED) is 0.271. The lowest BCUT2D eigenvalue weighted by atomic mass is 10.0. The molecule has 7 heteroatoms. The number of esters is 1. The summed E-state index contributed by atoms with van der Waals surface area (Å²) in [4.78, 5) is 11.4. The Morgan fingerprint density at radius 1 is 1.21 bits per heavy atom. The van der Waals surface area contributed by atoms with Crippen molar-refractivity contribution in [2.24, 2.45) is 10.9 Å². The number of nitrogens with two attached hydrogens (primary N) is 1. The van der Waals surface area contributed by atoms with Crippen LogP contribution in [0.1, 0.15) is 50.4 Å². The maximum atomic E-state index is 11.4. The molecule has 0 amide bonds. The highest BCUT2D eigenvalue weighted by Gasteiger charge is 2.16. The van der Waals surface area contributed by atoms with Gasteiger partial charge in [-0.3, -0.25) is 4.79 Å². The molecule has 0 aliphatic rings. The summed E-state index contributed by atoms with van der Waals surface area (Å²) in [6, 6.07) is 13.6. The average molecular weight is 420 g/mol. The van der Waals surface area contributed by atoms with E-state index in [1.165, 1.54) is 6.92 Å². The van der Waals surface area contributed by atoms with Gasteiger partial charge in [-0.15, -0.1) is 12.4 Å². The van der Waals surface area contributed by atoms with Gasteiger partial charge in [-0.25, -0.2) is 0 Å². The lowest BCUT2D eigenvalue weighted by molar-refractivity contribution is -0.141. The summed E-state index contributed by atoms with van der Waals surface area (Å²) in [5.41, 5.74) is 3.97. The van der Waals surface area contributed by atoms with Gasteiger partial charge in [0.2, 0.25) is 0 Å². The molecule has 0 heterocycles. The molecule has 0 fully saturated rings. The largest absolute Gasteiger partial charge is 0.491 e. The molecule has 158 valence electrons. The van der Waals surface area contributed by atoms with Gasteiger partial charge in [-0.1, -0.05) is 25.1 Å². The fraction of sp³-hybridized carbons (Fsp3) is 0.364. The number of rotatable bonds is 9. The maximum absolute atomic E-state index is 11.4. The third kappa shape index (κ3) is 7.66. The van der Waals surface area contributed by atoms with Crippen LogP contribution in [0.15, 0.2) is 47.6 Å². The summed E-state index contributed by atoms with van der Waals surface area (Å²) >= 11 is 0. The Labute approximate surface area is 178 Å².